The summed E-state index contributed by atoms with van der Waals surface area (Å²) in [6.07, 6.45) is 8.90. The number of aryl methyl sites for hydroxylation is 1. The van der Waals surface area contributed by atoms with Crippen molar-refractivity contribution in [1.29, 1.82) is 0 Å². The topological polar surface area (TPSA) is 85.6 Å². The van der Waals surface area contributed by atoms with E-state index in [0.717, 1.165) is 17.7 Å². The second kappa shape index (κ2) is 14.6. The van der Waals surface area contributed by atoms with Gasteiger partial charge in [-0.3, -0.25) is 14.4 Å². The number of carboxylic acids is 1. The van der Waals surface area contributed by atoms with Crippen LogP contribution in [0.25, 0.3) is 0 Å². The highest BCUT2D eigenvalue weighted by Gasteiger charge is 2.25. The van der Waals surface area contributed by atoms with Crippen molar-refractivity contribution in [3.63, 3.8) is 0 Å². The maximum absolute atomic E-state index is 12.9. The number of aliphatic carboxylic acids is 1. The van der Waals surface area contributed by atoms with Gasteiger partial charge in [0.1, 0.15) is 12.4 Å². The van der Waals surface area contributed by atoms with Crippen molar-refractivity contribution in [2.24, 2.45) is 5.92 Å². The molecule has 1 N–H and O–H groups in total. The van der Waals surface area contributed by atoms with E-state index in [1.807, 2.05) is 44.4 Å². The van der Waals surface area contributed by atoms with Crippen LogP contribution in [0.1, 0.15) is 98.6 Å². The molecule has 0 bridgehead atoms. The second-order valence-electron chi connectivity index (χ2n) is 10.0. The first-order chi connectivity index (χ1) is 17.1. The maximum Gasteiger partial charge on any atom is 0.303 e. The molecule has 6 nitrogen and oxygen atoms in total. The summed E-state index contributed by atoms with van der Waals surface area (Å²) in [6.45, 7) is 9.57. The van der Waals surface area contributed by atoms with Gasteiger partial charge in [0, 0.05) is 29.3 Å². The van der Waals surface area contributed by atoms with Gasteiger partial charge in [0.15, 0.2) is 11.6 Å². The van der Waals surface area contributed by atoms with Gasteiger partial charge in [0.05, 0.1) is 6.54 Å². The number of aromatic nitrogens is 1. The van der Waals surface area contributed by atoms with Crippen molar-refractivity contribution < 1.29 is 24.2 Å². The largest absolute Gasteiger partial charge is 0.486 e. The average Bonchev–Trinajstić information content (AvgIpc) is 3.07. The highest BCUT2D eigenvalue weighted by atomic mass is 16.5. The molecule has 0 fully saturated rings. The maximum atomic E-state index is 12.9. The van der Waals surface area contributed by atoms with Gasteiger partial charge in [-0.15, -0.1) is 0 Å². The van der Waals surface area contributed by atoms with Gasteiger partial charge >= 0.3 is 5.97 Å². The van der Waals surface area contributed by atoms with Gasteiger partial charge in [-0.2, -0.15) is 0 Å². The minimum absolute atomic E-state index is 0.0283. The average molecular weight is 498 g/mol. The van der Waals surface area contributed by atoms with E-state index in [2.05, 4.69) is 19.1 Å². The van der Waals surface area contributed by atoms with Gasteiger partial charge in [-0.25, -0.2) is 0 Å². The summed E-state index contributed by atoms with van der Waals surface area (Å²) >= 11 is 0. The van der Waals surface area contributed by atoms with Gasteiger partial charge in [-0.05, 0) is 56.4 Å². The van der Waals surface area contributed by atoms with E-state index < -0.39 is 5.97 Å². The Morgan fingerprint density at radius 1 is 0.917 bits per heavy atom. The van der Waals surface area contributed by atoms with E-state index in [1.165, 1.54) is 44.1 Å². The lowest BCUT2D eigenvalue weighted by molar-refractivity contribution is -0.137. The number of nitrogens with zero attached hydrogens (tertiary/aromatic N) is 1. The number of carboxylic acid groups (broad SMARTS) is 1. The third kappa shape index (κ3) is 8.65. The Morgan fingerprint density at radius 3 is 2.17 bits per heavy atom. The number of carbonyl (C=O) groups is 3. The fourth-order valence-electron chi connectivity index (χ4n) is 4.59. The van der Waals surface area contributed by atoms with Crippen molar-refractivity contribution in [3.8, 4) is 5.75 Å². The molecule has 0 saturated heterocycles. The number of hydrogen-bond donors (Lipinski definition) is 1. The Hall–Kier alpha value is -2.89. The van der Waals surface area contributed by atoms with Crippen molar-refractivity contribution in [2.45, 2.75) is 99.0 Å². The van der Waals surface area contributed by atoms with Crippen LogP contribution in [0.15, 0.2) is 24.3 Å². The first-order valence-electron chi connectivity index (χ1n) is 13.3. The molecule has 0 spiro atoms. The van der Waals surface area contributed by atoms with Crippen LogP contribution in [0.3, 0.4) is 0 Å². The molecule has 2 aromatic rings. The molecule has 0 saturated carbocycles. The predicted molar refractivity (Wildman–Crippen MR) is 143 cm³/mol. The first-order valence-corrected chi connectivity index (χ1v) is 13.3. The molecule has 1 aromatic carbocycles. The monoisotopic (exact) mass is 497 g/mol. The van der Waals surface area contributed by atoms with E-state index in [9.17, 15) is 14.4 Å². The van der Waals surface area contributed by atoms with Crippen LogP contribution in [0, 0.1) is 19.8 Å². The summed E-state index contributed by atoms with van der Waals surface area (Å²) in [4.78, 5) is 36.8. The third-order valence-electron chi connectivity index (χ3n) is 6.75. The molecule has 0 aliphatic carbocycles. The summed E-state index contributed by atoms with van der Waals surface area (Å²) in [5.74, 6) is -0.607. The van der Waals surface area contributed by atoms with E-state index in [1.54, 1.807) is 0 Å². The van der Waals surface area contributed by atoms with Gasteiger partial charge in [-0.1, -0.05) is 65.0 Å². The third-order valence-corrected chi connectivity index (χ3v) is 6.75. The number of ether oxygens (including phenoxy) is 1. The molecule has 0 atom stereocenters. The van der Waals surface area contributed by atoms with Crippen molar-refractivity contribution in [1.82, 2.24) is 4.57 Å². The highest BCUT2D eigenvalue weighted by molar-refractivity contribution is 6.00. The van der Waals surface area contributed by atoms with Crippen LogP contribution in [-0.4, -0.2) is 33.8 Å². The van der Waals surface area contributed by atoms with Crippen LogP contribution in [-0.2, 0) is 29.0 Å². The Balaban J connectivity index is 1.97. The Morgan fingerprint density at radius 2 is 1.56 bits per heavy atom. The minimum Gasteiger partial charge on any atom is -0.486 e. The molecule has 1 heterocycles. The zero-order valence-corrected chi connectivity index (χ0v) is 22.7. The standard InChI is InChI=1S/C30H43NO5/c1-6-7-8-9-10-11-12-24-13-15-26(16-14-24)36-20-25(32)19-31-22(4)27(17-18-28(33)34)29(23(31)5)30(35)21(2)3/h13-16,21H,6-12,17-20H2,1-5H3,(H,33,34). The molecule has 1 aromatic heterocycles. The molecular formula is C30H43NO5. The summed E-state index contributed by atoms with van der Waals surface area (Å²) in [7, 11) is 0. The molecule has 0 aliphatic heterocycles. The summed E-state index contributed by atoms with van der Waals surface area (Å²) in [5.41, 5.74) is 4.03. The normalized spacial score (nSPS) is 11.2. The molecule has 2 rings (SSSR count). The zero-order valence-electron chi connectivity index (χ0n) is 22.7. The van der Waals surface area contributed by atoms with Crippen molar-refractivity contribution in [3.05, 3.63) is 52.3 Å². The fourth-order valence-corrected chi connectivity index (χ4v) is 4.59. The fraction of sp³-hybridized carbons (Fsp3) is 0.567. The Bertz CT molecular complexity index is 1020. The molecule has 0 amide bonds. The summed E-state index contributed by atoms with van der Waals surface area (Å²) in [6, 6.07) is 7.94. The quantitative estimate of drug-likeness (QED) is 0.199. The SMILES string of the molecule is CCCCCCCCc1ccc(OCC(=O)Cn2c(C)c(CCC(=O)O)c(C(=O)C(C)C)c2C)cc1. The molecular weight excluding hydrogens is 454 g/mol. The van der Waals surface area contributed by atoms with E-state index >= 15 is 0 Å². The van der Waals surface area contributed by atoms with Crippen LogP contribution < -0.4 is 4.74 Å². The molecule has 6 heteroatoms. The smallest absolute Gasteiger partial charge is 0.303 e. The van der Waals surface area contributed by atoms with Gasteiger partial charge in [0.2, 0.25) is 0 Å². The van der Waals surface area contributed by atoms with E-state index in [0.29, 0.717) is 17.0 Å². The van der Waals surface area contributed by atoms with Gasteiger partial charge < -0.3 is 14.4 Å². The summed E-state index contributed by atoms with van der Waals surface area (Å²) < 4.78 is 7.56. The first kappa shape index (κ1) is 29.3. The molecule has 0 unspecified atom stereocenters. The Labute approximate surface area is 216 Å². The number of rotatable bonds is 17. The van der Waals surface area contributed by atoms with Crippen LogP contribution >= 0.6 is 0 Å². The van der Waals surface area contributed by atoms with Crippen molar-refractivity contribution in [2.75, 3.05) is 6.61 Å². The molecule has 36 heavy (non-hydrogen) atoms. The molecule has 0 aliphatic rings. The zero-order chi connectivity index (χ0) is 26.7. The number of unbranched alkanes of at least 4 members (excludes halogenated alkanes) is 5. The number of hydrogen-bond acceptors (Lipinski definition) is 4. The summed E-state index contributed by atoms with van der Waals surface area (Å²) in [5, 5.41) is 9.14. The lowest BCUT2D eigenvalue weighted by Crippen LogP contribution is -2.19. The lowest BCUT2D eigenvalue weighted by Gasteiger charge is -2.11. The van der Waals surface area contributed by atoms with Crippen LogP contribution in [0.2, 0.25) is 0 Å². The minimum atomic E-state index is -0.912. The van der Waals surface area contributed by atoms with E-state index in [4.69, 9.17) is 9.84 Å². The second-order valence-corrected chi connectivity index (χ2v) is 10.0. The lowest BCUT2D eigenvalue weighted by atomic mass is 9.95. The van der Waals surface area contributed by atoms with Gasteiger partial charge in [0.25, 0.3) is 0 Å². The number of benzene rings is 1. The number of ketones is 2. The van der Waals surface area contributed by atoms with E-state index in [-0.39, 0.29) is 43.5 Å². The Kier molecular flexibility index (Phi) is 11.9. The number of Topliss-reactive ketones (excluding diaryl/α,β-unsaturated/α-hetero) is 2. The molecule has 198 valence electrons. The predicted octanol–water partition coefficient (Wildman–Crippen LogP) is 6.51. The van der Waals surface area contributed by atoms with Crippen LogP contribution in [0.5, 0.6) is 5.75 Å². The van der Waals surface area contributed by atoms with Crippen LogP contribution in [0.4, 0.5) is 0 Å². The highest BCUT2D eigenvalue weighted by Crippen LogP contribution is 2.27. The molecule has 0 radical (unpaired) electrons. The number of carbonyl (C=O) groups excluding carboxylic acids is 2. The van der Waals surface area contributed by atoms with Crippen molar-refractivity contribution >= 4 is 17.5 Å².